The molecule has 0 aromatic carbocycles. The molecule has 0 bridgehead atoms. The first-order chi connectivity index (χ1) is 13.8. The predicted molar refractivity (Wildman–Crippen MR) is 114 cm³/mol. The first kappa shape index (κ1) is 21.6. The van der Waals surface area contributed by atoms with Crippen LogP contribution in [0.5, 0.6) is 0 Å². The van der Waals surface area contributed by atoms with E-state index in [1.54, 1.807) is 0 Å². The number of hydrogen-bond acceptors (Lipinski definition) is 5. The summed E-state index contributed by atoms with van der Waals surface area (Å²) < 4.78 is 12.8. The summed E-state index contributed by atoms with van der Waals surface area (Å²) in [5.41, 5.74) is 5.24. The van der Waals surface area contributed by atoms with E-state index >= 15 is 0 Å². The lowest BCUT2D eigenvalue weighted by Crippen LogP contribution is -2.61. The Morgan fingerprint density at radius 3 is 2.55 bits per heavy atom. The molecule has 0 aliphatic heterocycles. The second-order valence-electron chi connectivity index (χ2n) is 10.6. The van der Waals surface area contributed by atoms with Gasteiger partial charge in [0.15, 0.2) is 0 Å². The summed E-state index contributed by atoms with van der Waals surface area (Å²) in [5, 5.41) is 10.4. The average molecular weight is 424 g/mol. The Balaban J connectivity index is 1.63. The van der Waals surface area contributed by atoms with Crippen LogP contribution in [0.4, 0.5) is 0 Å². The maximum atomic E-state index is 13.7. The summed E-state index contributed by atoms with van der Waals surface area (Å²) in [4.78, 5) is 26.3. The summed E-state index contributed by atoms with van der Waals surface area (Å²) >= 11 is 0. The number of Topliss-reactive ketones (excluding diaryl/α,β-unsaturated/α-hetero) is 2. The molecule has 164 valence electrons. The van der Waals surface area contributed by atoms with E-state index in [2.05, 4.69) is 13.8 Å². The average Bonchev–Trinajstić information content (AvgIpc) is 3.01. The normalized spacial score (nSPS) is 48.0. The zero-order valence-corrected chi connectivity index (χ0v) is 18.7. The van der Waals surface area contributed by atoms with Crippen molar-refractivity contribution in [2.24, 2.45) is 46.2 Å². The molecular weight excluding hydrogens is 386 g/mol. The molecule has 2 unspecified atom stereocenters. The number of aliphatic hydroxyl groups is 1. The smallest absolute Gasteiger partial charge is 0.142 e. The van der Waals surface area contributed by atoms with Gasteiger partial charge in [-0.2, -0.15) is 0 Å². The highest BCUT2D eigenvalue weighted by atomic mass is 32.2. The van der Waals surface area contributed by atoms with Crippen molar-refractivity contribution < 1.29 is 18.9 Å². The highest BCUT2D eigenvalue weighted by Gasteiger charge is 2.65. The summed E-state index contributed by atoms with van der Waals surface area (Å²) in [6.07, 6.45) is 6.70. The zero-order valence-electron chi connectivity index (χ0n) is 17.9. The van der Waals surface area contributed by atoms with Crippen LogP contribution in [0, 0.1) is 40.4 Å². The molecule has 0 heterocycles. The number of rotatable bonds is 5. The summed E-state index contributed by atoms with van der Waals surface area (Å²) in [7, 11) is -0.911. The molecule has 4 aliphatic carbocycles. The Bertz CT molecular complexity index is 711. The topological polar surface area (TPSA) is 97.5 Å². The molecule has 6 heteroatoms. The van der Waals surface area contributed by atoms with Gasteiger partial charge in [0.2, 0.25) is 0 Å². The van der Waals surface area contributed by atoms with Gasteiger partial charge in [-0.25, -0.2) is 0 Å². The van der Waals surface area contributed by atoms with Crippen LogP contribution in [0.25, 0.3) is 0 Å². The molecule has 9 atom stereocenters. The molecule has 0 spiro atoms. The zero-order chi connectivity index (χ0) is 21.0. The Hall–Kier alpha value is -0.590. The second-order valence-corrected chi connectivity index (χ2v) is 12.4. The van der Waals surface area contributed by atoms with Crippen LogP contribution in [0.1, 0.15) is 65.2 Å². The fraction of sp³-hybridized carbons (Fsp3) is 0.913. The van der Waals surface area contributed by atoms with Gasteiger partial charge in [-0.3, -0.25) is 13.8 Å². The molecule has 0 aromatic heterocycles. The molecule has 0 aromatic rings. The van der Waals surface area contributed by atoms with Gasteiger partial charge in [0.25, 0.3) is 0 Å². The standard InChI is InChI=1S/C23H37NO4S/c1-22-8-6-14(29(28)11-3-10-24)12-18(22)15(13-25)21(27)20-16-4-5-19(26)23(16,2)9-7-17(20)22/h14-18,20,25H,3-13,24H2,1-2H3/t14-,15-,16+,17+,18?,20+,22-,23+,29?/m1/s1. The Labute approximate surface area is 177 Å². The summed E-state index contributed by atoms with van der Waals surface area (Å²) in [6, 6.07) is 0. The summed E-state index contributed by atoms with van der Waals surface area (Å²) in [6.45, 7) is 4.83. The van der Waals surface area contributed by atoms with Gasteiger partial charge < -0.3 is 10.8 Å². The van der Waals surface area contributed by atoms with E-state index in [4.69, 9.17) is 5.73 Å². The molecule has 4 fully saturated rings. The van der Waals surface area contributed by atoms with Crippen LogP contribution in [-0.4, -0.2) is 45.0 Å². The van der Waals surface area contributed by atoms with Crippen LogP contribution in [-0.2, 0) is 20.4 Å². The number of nitrogens with two attached hydrogens (primary N) is 1. The lowest BCUT2D eigenvalue weighted by molar-refractivity contribution is -0.169. The van der Waals surface area contributed by atoms with Crippen molar-refractivity contribution in [1.29, 1.82) is 0 Å². The van der Waals surface area contributed by atoms with Crippen molar-refractivity contribution in [2.75, 3.05) is 18.9 Å². The highest BCUT2D eigenvalue weighted by molar-refractivity contribution is 7.85. The van der Waals surface area contributed by atoms with Crippen molar-refractivity contribution >= 4 is 22.4 Å². The maximum absolute atomic E-state index is 13.7. The Kier molecular flexibility index (Phi) is 5.84. The largest absolute Gasteiger partial charge is 0.396 e. The van der Waals surface area contributed by atoms with E-state index < -0.39 is 10.8 Å². The molecule has 3 N–H and O–H groups in total. The minimum absolute atomic E-state index is 0.00644. The SMILES string of the molecule is C[C@]12CC[C@@H](S(=O)CCCN)CC1[C@@H](CO)C(=O)[C@@H]1[C@@H]2CC[C@]2(C)C(=O)CC[C@@H]12. The van der Waals surface area contributed by atoms with Crippen molar-refractivity contribution in [3.8, 4) is 0 Å². The lowest BCUT2D eigenvalue weighted by Gasteiger charge is -2.61. The van der Waals surface area contributed by atoms with Gasteiger partial charge in [-0.1, -0.05) is 13.8 Å². The van der Waals surface area contributed by atoms with Crippen LogP contribution >= 0.6 is 0 Å². The Morgan fingerprint density at radius 1 is 1.10 bits per heavy atom. The molecular formula is C23H37NO4S. The second kappa shape index (κ2) is 7.83. The van der Waals surface area contributed by atoms with Crippen molar-refractivity contribution in [3.63, 3.8) is 0 Å². The van der Waals surface area contributed by atoms with E-state index in [0.29, 0.717) is 30.4 Å². The van der Waals surface area contributed by atoms with Gasteiger partial charge in [0, 0.05) is 45.5 Å². The van der Waals surface area contributed by atoms with Crippen LogP contribution in [0.2, 0.25) is 0 Å². The minimum Gasteiger partial charge on any atom is -0.396 e. The fourth-order valence-corrected chi connectivity index (χ4v) is 9.34. The first-order valence-electron chi connectivity index (χ1n) is 11.5. The van der Waals surface area contributed by atoms with E-state index in [1.165, 1.54) is 0 Å². The van der Waals surface area contributed by atoms with Crippen molar-refractivity contribution in [2.45, 2.75) is 70.5 Å². The van der Waals surface area contributed by atoms with Crippen molar-refractivity contribution in [1.82, 2.24) is 0 Å². The number of hydrogen-bond donors (Lipinski definition) is 2. The third-order valence-electron chi connectivity index (χ3n) is 9.49. The van der Waals surface area contributed by atoms with Crippen LogP contribution in [0.15, 0.2) is 0 Å². The number of ketones is 2. The molecule has 4 rings (SSSR count). The van der Waals surface area contributed by atoms with Gasteiger partial charge in [-0.15, -0.1) is 0 Å². The number of carbonyl (C=O) groups excluding carboxylic acids is 2. The van der Waals surface area contributed by atoms with E-state index in [1.807, 2.05) is 0 Å². The van der Waals surface area contributed by atoms with E-state index in [-0.39, 0.29) is 52.1 Å². The maximum Gasteiger partial charge on any atom is 0.142 e. The molecule has 4 aliphatic rings. The number of fused-ring (bicyclic) bond motifs is 5. The van der Waals surface area contributed by atoms with Gasteiger partial charge in [0.1, 0.15) is 11.6 Å². The number of carbonyl (C=O) groups is 2. The number of aliphatic hydroxyl groups excluding tert-OH is 1. The first-order valence-corrected chi connectivity index (χ1v) is 12.9. The molecule has 4 saturated carbocycles. The predicted octanol–water partition coefficient (Wildman–Crippen LogP) is 2.46. The third kappa shape index (κ3) is 3.20. The molecule has 5 nitrogen and oxygen atoms in total. The summed E-state index contributed by atoms with van der Waals surface area (Å²) in [5.74, 6) is 1.25. The monoisotopic (exact) mass is 423 g/mol. The van der Waals surface area contributed by atoms with Gasteiger partial charge in [-0.05, 0) is 74.7 Å². The molecule has 0 amide bonds. The minimum atomic E-state index is -0.911. The highest BCUT2D eigenvalue weighted by Crippen LogP contribution is 2.65. The lowest BCUT2D eigenvalue weighted by atomic mass is 9.43. The fourth-order valence-electron chi connectivity index (χ4n) is 7.76. The van der Waals surface area contributed by atoms with Crippen LogP contribution in [0.3, 0.4) is 0 Å². The third-order valence-corrected chi connectivity index (χ3v) is 11.4. The molecule has 0 saturated heterocycles. The van der Waals surface area contributed by atoms with Gasteiger partial charge in [0.05, 0.1) is 6.61 Å². The van der Waals surface area contributed by atoms with E-state index in [0.717, 1.165) is 44.9 Å². The molecule has 0 radical (unpaired) electrons. The van der Waals surface area contributed by atoms with E-state index in [9.17, 15) is 18.9 Å². The van der Waals surface area contributed by atoms with Crippen LogP contribution < -0.4 is 5.73 Å². The van der Waals surface area contributed by atoms with Gasteiger partial charge >= 0.3 is 0 Å². The molecule has 29 heavy (non-hydrogen) atoms. The Morgan fingerprint density at radius 2 is 1.86 bits per heavy atom. The quantitative estimate of drug-likeness (QED) is 0.708. The van der Waals surface area contributed by atoms with Crippen molar-refractivity contribution in [3.05, 3.63) is 0 Å².